The van der Waals surface area contributed by atoms with Gasteiger partial charge in [0.05, 0.1) is 11.4 Å². The number of hydrogen-bond donors (Lipinski definition) is 2. The van der Waals surface area contributed by atoms with Gasteiger partial charge in [-0.15, -0.1) is 0 Å². The molecule has 2 aromatic rings. The molecule has 0 saturated carbocycles. The molecule has 0 atom stereocenters. The molecule has 8 heteroatoms. The monoisotopic (exact) mass is 306 g/mol. The van der Waals surface area contributed by atoms with E-state index in [1.165, 1.54) is 12.4 Å². The van der Waals surface area contributed by atoms with Crippen LogP contribution in [0.1, 0.15) is 11.5 Å². The molecular weight excluding hydrogens is 292 g/mol. The number of nitrogens with zero attached hydrogens (tertiary/aromatic N) is 2. The molecule has 110 valence electrons. The minimum Gasteiger partial charge on any atom is -0.340 e. The maximum absolute atomic E-state index is 12.3. The van der Waals surface area contributed by atoms with Crippen LogP contribution in [0.25, 0.3) is 0 Å². The van der Waals surface area contributed by atoms with E-state index in [4.69, 9.17) is 10.3 Å². The predicted octanol–water partition coefficient (Wildman–Crippen LogP) is -0.0992. The largest absolute Gasteiger partial charge is 0.340 e. The fourth-order valence-corrected chi connectivity index (χ4v) is 2.82. The maximum atomic E-state index is 12.3. The lowest BCUT2D eigenvalue weighted by Crippen LogP contribution is -2.26. The van der Waals surface area contributed by atoms with Gasteiger partial charge in [0.1, 0.15) is 0 Å². The summed E-state index contributed by atoms with van der Waals surface area (Å²) < 4.78 is 31.8. The van der Waals surface area contributed by atoms with Crippen molar-refractivity contribution in [2.24, 2.45) is 5.73 Å². The van der Waals surface area contributed by atoms with Crippen LogP contribution in [0.3, 0.4) is 0 Å². The third-order valence-corrected chi connectivity index (χ3v) is 4.06. The lowest BCUT2D eigenvalue weighted by molar-refractivity contribution is 0.377. The van der Waals surface area contributed by atoms with Crippen molar-refractivity contribution >= 4 is 10.0 Å². The number of aromatic nitrogens is 2. The molecule has 0 unspecified atom stereocenters. The molecule has 0 aliphatic rings. The van der Waals surface area contributed by atoms with Crippen LogP contribution in [-0.4, -0.2) is 31.6 Å². The first-order valence-corrected chi connectivity index (χ1v) is 7.65. The maximum Gasteiger partial charge on any atom is 0.241 e. The van der Waals surface area contributed by atoms with Crippen molar-refractivity contribution in [1.29, 1.82) is 0 Å². The molecule has 1 heterocycles. The highest BCUT2D eigenvalue weighted by molar-refractivity contribution is 7.89. The van der Waals surface area contributed by atoms with E-state index >= 15 is 0 Å². The van der Waals surface area contributed by atoms with Crippen LogP contribution in [0.4, 0.5) is 0 Å². The summed E-state index contributed by atoms with van der Waals surface area (Å²) in [5, 5.41) is 3.45. The van der Waals surface area contributed by atoms with Crippen LogP contribution in [0, 0.1) is 11.8 Å². The minimum absolute atomic E-state index is 0.122. The molecule has 0 saturated heterocycles. The van der Waals surface area contributed by atoms with Crippen LogP contribution < -0.4 is 10.5 Å². The molecule has 0 aliphatic heterocycles. The molecule has 0 aliphatic carbocycles. The van der Waals surface area contributed by atoms with Gasteiger partial charge >= 0.3 is 0 Å². The topological polar surface area (TPSA) is 111 Å². The zero-order valence-electron chi connectivity index (χ0n) is 11.1. The zero-order valence-corrected chi connectivity index (χ0v) is 11.9. The number of sulfonamides is 1. The van der Waals surface area contributed by atoms with E-state index in [9.17, 15) is 8.42 Å². The van der Waals surface area contributed by atoms with E-state index in [-0.39, 0.29) is 18.0 Å². The van der Waals surface area contributed by atoms with Crippen LogP contribution in [0.5, 0.6) is 0 Å². The first kappa shape index (κ1) is 15.2. The van der Waals surface area contributed by atoms with E-state index in [0.717, 1.165) is 0 Å². The normalized spacial score (nSPS) is 10.9. The Morgan fingerprint density at radius 3 is 2.86 bits per heavy atom. The van der Waals surface area contributed by atoms with Crippen molar-refractivity contribution in [2.45, 2.75) is 11.3 Å². The van der Waals surface area contributed by atoms with Crippen molar-refractivity contribution in [1.82, 2.24) is 14.9 Å². The van der Waals surface area contributed by atoms with Crippen molar-refractivity contribution in [3.05, 3.63) is 42.0 Å². The Hall–Kier alpha value is -2.21. The zero-order chi connectivity index (χ0) is 15.1. The number of nitrogens with one attached hydrogen (secondary N) is 1. The Kier molecular flexibility index (Phi) is 5.05. The van der Waals surface area contributed by atoms with E-state index in [2.05, 4.69) is 26.7 Å². The third kappa shape index (κ3) is 4.13. The van der Waals surface area contributed by atoms with Gasteiger partial charge in [0.2, 0.25) is 15.9 Å². The Balaban J connectivity index is 2.12. The smallest absolute Gasteiger partial charge is 0.241 e. The summed E-state index contributed by atoms with van der Waals surface area (Å²) in [6, 6.07) is 6.49. The molecule has 0 bridgehead atoms. The highest BCUT2D eigenvalue weighted by Crippen LogP contribution is 2.14. The molecule has 21 heavy (non-hydrogen) atoms. The van der Waals surface area contributed by atoms with Gasteiger partial charge in [-0.2, -0.15) is 4.98 Å². The number of benzene rings is 1. The van der Waals surface area contributed by atoms with Gasteiger partial charge in [-0.25, -0.2) is 13.1 Å². The second-order valence-corrected chi connectivity index (χ2v) is 5.72. The predicted molar refractivity (Wildman–Crippen MR) is 75.6 cm³/mol. The Morgan fingerprint density at radius 1 is 1.33 bits per heavy atom. The van der Waals surface area contributed by atoms with Crippen molar-refractivity contribution in [3.8, 4) is 11.8 Å². The van der Waals surface area contributed by atoms with Gasteiger partial charge in [-0.05, 0) is 12.1 Å². The van der Waals surface area contributed by atoms with E-state index < -0.39 is 10.0 Å². The summed E-state index contributed by atoms with van der Waals surface area (Å²) in [6.45, 7) is 0.322. The molecule has 1 aromatic heterocycles. The first-order chi connectivity index (χ1) is 10.1. The molecule has 3 N–H and O–H groups in total. The summed E-state index contributed by atoms with van der Waals surface area (Å²) in [6.07, 6.45) is 1.58. The van der Waals surface area contributed by atoms with Crippen LogP contribution in [-0.2, 0) is 16.4 Å². The first-order valence-electron chi connectivity index (χ1n) is 6.16. The summed E-state index contributed by atoms with van der Waals surface area (Å²) in [4.78, 5) is 3.94. The number of nitrogens with two attached hydrogens (primary N) is 1. The highest BCUT2D eigenvalue weighted by Gasteiger charge is 2.17. The second-order valence-electron chi connectivity index (χ2n) is 3.98. The van der Waals surface area contributed by atoms with Gasteiger partial charge in [0.25, 0.3) is 0 Å². The SMILES string of the molecule is NCC#Cc1ccccc1S(=O)(=O)NCCc1ncno1. The van der Waals surface area contributed by atoms with Gasteiger partial charge in [0, 0.05) is 18.5 Å². The van der Waals surface area contributed by atoms with Crippen LogP contribution in [0.2, 0.25) is 0 Å². The standard InChI is InChI=1S/C13H14N4O3S/c14-8-3-5-11-4-1-2-6-12(11)21(18,19)17-9-7-13-15-10-16-20-13/h1-2,4,6,10,17H,7-9,14H2. The van der Waals surface area contributed by atoms with Gasteiger partial charge < -0.3 is 10.3 Å². The second kappa shape index (κ2) is 6.99. The summed E-state index contributed by atoms with van der Waals surface area (Å²) in [5.74, 6) is 5.77. The summed E-state index contributed by atoms with van der Waals surface area (Å²) >= 11 is 0. The van der Waals surface area contributed by atoms with E-state index in [1.54, 1.807) is 18.2 Å². The van der Waals surface area contributed by atoms with E-state index in [0.29, 0.717) is 17.9 Å². The van der Waals surface area contributed by atoms with Gasteiger partial charge in [-0.1, -0.05) is 29.1 Å². The average molecular weight is 306 g/mol. The van der Waals surface area contributed by atoms with Crippen molar-refractivity contribution in [2.75, 3.05) is 13.1 Å². The lowest BCUT2D eigenvalue weighted by Gasteiger charge is -2.07. The molecule has 0 radical (unpaired) electrons. The highest BCUT2D eigenvalue weighted by atomic mass is 32.2. The van der Waals surface area contributed by atoms with Gasteiger partial charge in [-0.3, -0.25) is 0 Å². The molecular formula is C13H14N4O3S. The van der Waals surface area contributed by atoms with Crippen LogP contribution in [0.15, 0.2) is 40.0 Å². The number of rotatable bonds is 5. The Bertz CT molecular complexity index is 745. The Morgan fingerprint density at radius 2 is 2.14 bits per heavy atom. The number of hydrogen-bond acceptors (Lipinski definition) is 6. The summed E-state index contributed by atoms with van der Waals surface area (Å²) in [7, 11) is -3.66. The third-order valence-electron chi connectivity index (χ3n) is 2.54. The molecule has 0 fully saturated rings. The Labute approximate surface area is 122 Å². The molecule has 2 rings (SSSR count). The lowest BCUT2D eigenvalue weighted by atomic mass is 10.2. The minimum atomic E-state index is -3.66. The fraction of sp³-hybridized carbons (Fsp3) is 0.231. The molecule has 7 nitrogen and oxygen atoms in total. The van der Waals surface area contributed by atoms with Crippen molar-refractivity contribution < 1.29 is 12.9 Å². The van der Waals surface area contributed by atoms with Gasteiger partial charge in [0.15, 0.2) is 6.33 Å². The molecule has 0 amide bonds. The fourth-order valence-electron chi connectivity index (χ4n) is 1.63. The average Bonchev–Trinajstić information content (AvgIpc) is 2.98. The summed E-state index contributed by atoms with van der Waals surface area (Å²) in [5.41, 5.74) is 5.72. The van der Waals surface area contributed by atoms with E-state index in [1.807, 2.05) is 0 Å². The molecule has 0 spiro atoms. The molecule has 1 aromatic carbocycles. The van der Waals surface area contributed by atoms with Crippen molar-refractivity contribution in [3.63, 3.8) is 0 Å². The van der Waals surface area contributed by atoms with Crippen LogP contribution >= 0.6 is 0 Å². The quantitative estimate of drug-likeness (QED) is 0.746.